The summed E-state index contributed by atoms with van der Waals surface area (Å²) >= 11 is 0. The van der Waals surface area contributed by atoms with Crippen molar-refractivity contribution < 1.29 is 9.74 Å². The molecule has 0 radical (unpaired) electrons. The molecule has 7 heteroatoms. The van der Waals surface area contributed by atoms with Crippen LogP contribution in [0.2, 0.25) is 0 Å². The largest absolute Gasteiger partial charge is 0.508 e. The van der Waals surface area contributed by atoms with E-state index in [0.717, 1.165) is 5.56 Å². The van der Waals surface area contributed by atoms with E-state index in [1.54, 1.807) is 30.5 Å². The van der Waals surface area contributed by atoms with Gasteiger partial charge in [0.1, 0.15) is 5.75 Å². The van der Waals surface area contributed by atoms with Crippen molar-refractivity contribution in [1.82, 2.24) is 10.3 Å². The molecular formula is C9H9N5O2. The smallest absolute Gasteiger partial charge is 0.235 e. The second-order valence-electron chi connectivity index (χ2n) is 2.96. The number of benzene rings is 1. The minimum absolute atomic E-state index is 0.142. The number of nitrogens with two attached hydrogens (primary N) is 1. The summed E-state index contributed by atoms with van der Waals surface area (Å²) in [6, 6.07) is 6.55. The van der Waals surface area contributed by atoms with E-state index < -0.39 is 0 Å². The third-order valence-electron chi connectivity index (χ3n) is 1.79. The number of aromatic hydroxyl groups is 1. The average molecular weight is 219 g/mol. The molecule has 0 saturated carbocycles. The summed E-state index contributed by atoms with van der Waals surface area (Å²) in [7, 11) is 0. The van der Waals surface area contributed by atoms with Gasteiger partial charge in [0.15, 0.2) is 0 Å². The van der Waals surface area contributed by atoms with E-state index in [0.29, 0.717) is 0 Å². The molecule has 0 unspecified atom stereocenters. The van der Waals surface area contributed by atoms with Crippen LogP contribution in [0.5, 0.6) is 5.75 Å². The van der Waals surface area contributed by atoms with Crippen molar-refractivity contribution in [3.8, 4) is 5.75 Å². The van der Waals surface area contributed by atoms with E-state index in [2.05, 4.69) is 25.5 Å². The molecule has 1 heterocycles. The molecule has 0 aliphatic heterocycles. The average Bonchev–Trinajstić information content (AvgIpc) is 2.68. The molecule has 2 rings (SSSR count). The van der Waals surface area contributed by atoms with Crippen LogP contribution in [0.3, 0.4) is 0 Å². The number of hydrogen-bond donors (Lipinski definition) is 3. The Labute approximate surface area is 90.5 Å². The lowest BCUT2D eigenvalue weighted by molar-refractivity contribution is 0.310. The maximum atomic E-state index is 9.06. The topological polar surface area (TPSA) is 110 Å². The number of phenols is 1. The fourth-order valence-electron chi connectivity index (χ4n) is 1.00. The Bertz CT molecular complexity index is 491. The lowest BCUT2D eigenvalue weighted by Crippen LogP contribution is -1.95. The van der Waals surface area contributed by atoms with Crippen molar-refractivity contribution in [2.75, 3.05) is 11.2 Å². The van der Waals surface area contributed by atoms with E-state index in [1.807, 2.05) is 0 Å². The summed E-state index contributed by atoms with van der Waals surface area (Å²) in [5.74, 6) is 0.605. The summed E-state index contributed by atoms with van der Waals surface area (Å²) in [6.45, 7) is 0. The number of aromatic nitrogens is 2. The van der Waals surface area contributed by atoms with Crippen molar-refractivity contribution in [3.05, 3.63) is 29.8 Å². The second-order valence-corrected chi connectivity index (χ2v) is 2.96. The van der Waals surface area contributed by atoms with Crippen LogP contribution in [0.4, 0.5) is 11.6 Å². The van der Waals surface area contributed by atoms with Crippen LogP contribution >= 0.6 is 0 Å². The highest BCUT2D eigenvalue weighted by molar-refractivity contribution is 5.80. The molecule has 0 aliphatic carbocycles. The molecule has 0 saturated heterocycles. The minimum atomic E-state index is 0.142. The Hall–Kier alpha value is -2.57. The molecule has 1 aromatic carbocycles. The highest BCUT2D eigenvalue weighted by Gasteiger charge is 2.02. The molecule has 7 nitrogen and oxygen atoms in total. The van der Waals surface area contributed by atoms with Crippen LogP contribution in [0.15, 0.2) is 34.0 Å². The van der Waals surface area contributed by atoms with Gasteiger partial charge in [-0.2, -0.15) is 5.10 Å². The van der Waals surface area contributed by atoms with Crippen LogP contribution in [-0.2, 0) is 0 Å². The van der Waals surface area contributed by atoms with Gasteiger partial charge in [-0.05, 0) is 40.1 Å². The Balaban J connectivity index is 2.00. The summed E-state index contributed by atoms with van der Waals surface area (Å²) in [4.78, 5) is 0. The number of nitrogen functional groups attached to an aromatic ring is 1. The second kappa shape index (κ2) is 4.30. The maximum absolute atomic E-state index is 9.06. The van der Waals surface area contributed by atoms with Crippen molar-refractivity contribution >= 4 is 17.9 Å². The van der Waals surface area contributed by atoms with Gasteiger partial charge in [0.05, 0.1) is 6.21 Å². The third-order valence-corrected chi connectivity index (χ3v) is 1.79. The van der Waals surface area contributed by atoms with E-state index in [1.165, 1.54) is 0 Å². The highest BCUT2D eigenvalue weighted by Crippen LogP contribution is 2.10. The Morgan fingerprint density at radius 2 is 2.06 bits per heavy atom. The van der Waals surface area contributed by atoms with E-state index >= 15 is 0 Å². The monoisotopic (exact) mass is 219 g/mol. The number of nitrogens with one attached hydrogen (secondary N) is 1. The summed E-state index contributed by atoms with van der Waals surface area (Å²) in [5, 5.41) is 19.8. The van der Waals surface area contributed by atoms with Gasteiger partial charge < -0.3 is 10.8 Å². The molecule has 0 amide bonds. The van der Waals surface area contributed by atoms with Gasteiger partial charge in [0.25, 0.3) is 0 Å². The SMILES string of the molecule is Nc1nonc1N/N=C/c1ccc(O)cc1. The van der Waals surface area contributed by atoms with Gasteiger partial charge in [-0.15, -0.1) is 0 Å². The summed E-state index contributed by atoms with van der Waals surface area (Å²) < 4.78 is 4.37. The molecule has 0 spiro atoms. The van der Waals surface area contributed by atoms with Gasteiger partial charge in [-0.25, -0.2) is 4.63 Å². The normalized spacial score (nSPS) is 10.8. The standard InChI is InChI=1S/C9H9N5O2/c10-8-9(14-16-13-8)12-11-5-6-1-3-7(15)4-2-6/h1-5,15H,(H2,10,13)(H,12,14)/b11-5+. The van der Waals surface area contributed by atoms with Crippen LogP contribution in [0.25, 0.3) is 0 Å². The van der Waals surface area contributed by atoms with Crippen LogP contribution in [-0.4, -0.2) is 21.6 Å². The number of nitrogens with zero attached hydrogens (tertiary/aromatic N) is 3. The Morgan fingerprint density at radius 3 is 2.69 bits per heavy atom. The predicted octanol–water partition coefficient (Wildman–Crippen LogP) is 0.803. The zero-order valence-electron chi connectivity index (χ0n) is 8.16. The van der Waals surface area contributed by atoms with Crippen LogP contribution in [0, 0.1) is 0 Å². The van der Waals surface area contributed by atoms with Crippen molar-refractivity contribution in [2.24, 2.45) is 5.10 Å². The molecule has 0 aliphatic rings. The van der Waals surface area contributed by atoms with E-state index in [-0.39, 0.29) is 17.4 Å². The van der Waals surface area contributed by atoms with Gasteiger partial charge >= 0.3 is 0 Å². The van der Waals surface area contributed by atoms with Gasteiger partial charge in [0.2, 0.25) is 11.6 Å². The zero-order valence-corrected chi connectivity index (χ0v) is 8.16. The Morgan fingerprint density at radius 1 is 1.31 bits per heavy atom. The molecule has 2 aromatic rings. The predicted molar refractivity (Wildman–Crippen MR) is 58.0 cm³/mol. The third kappa shape index (κ3) is 2.27. The molecule has 0 fully saturated rings. The molecule has 1 aromatic heterocycles. The van der Waals surface area contributed by atoms with Crippen molar-refractivity contribution in [3.63, 3.8) is 0 Å². The van der Waals surface area contributed by atoms with Crippen molar-refractivity contribution in [1.29, 1.82) is 0 Å². The van der Waals surface area contributed by atoms with Gasteiger partial charge in [-0.3, -0.25) is 5.43 Å². The molecule has 16 heavy (non-hydrogen) atoms. The fraction of sp³-hybridized carbons (Fsp3) is 0. The Kier molecular flexibility index (Phi) is 2.68. The first-order valence-corrected chi connectivity index (χ1v) is 4.42. The first-order valence-electron chi connectivity index (χ1n) is 4.42. The molecule has 82 valence electrons. The summed E-state index contributed by atoms with van der Waals surface area (Å²) in [5.41, 5.74) is 8.79. The zero-order chi connectivity index (χ0) is 11.4. The van der Waals surface area contributed by atoms with Gasteiger partial charge in [-0.1, -0.05) is 0 Å². The van der Waals surface area contributed by atoms with E-state index in [9.17, 15) is 0 Å². The lowest BCUT2D eigenvalue weighted by Gasteiger charge is -1.94. The quantitative estimate of drug-likeness (QED) is 0.520. The number of phenolic OH excluding ortho intramolecular Hbond substituents is 1. The molecule has 0 atom stereocenters. The molecule has 0 bridgehead atoms. The first-order chi connectivity index (χ1) is 7.75. The first kappa shape index (κ1) is 9.97. The number of anilines is 2. The minimum Gasteiger partial charge on any atom is -0.508 e. The lowest BCUT2D eigenvalue weighted by atomic mass is 10.2. The fourth-order valence-corrected chi connectivity index (χ4v) is 1.00. The molecular weight excluding hydrogens is 210 g/mol. The highest BCUT2D eigenvalue weighted by atomic mass is 16.6. The van der Waals surface area contributed by atoms with Gasteiger partial charge in [0, 0.05) is 0 Å². The van der Waals surface area contributed by atoms with Crippen LogP contribution in [0.1, 0.15) is 5.56 Å². The number of rotatable bonds is 3. The number of hydrogen-bond acceptors (Lipinski definition) is 7. The molecule has 4 N–H and O–H groups in total. The summed E-state index contributed by atoms with van der Waals surface area (Å²) in [6.07, 6.45) is 1.55. The van der Waals surface area contributed by atoms with Crippen molar-refractivity contribution in [2.45, 2.75) is 0 Å². The maximum Gasteiger partial charge on any atom is 0.235 e. The number of hydrazone groups is 1. The van der Waals surface area contributed by atoms with Crippen LogP contribution < -0.4 is 11.2 Å². The van der Waals surface area contributed by atoms with E-state index in [4.69, 9.17) is 10.8 Å².